The first-order chi connectivity index (χ1) is 12.4. The predicted molar refractivity (Wildman–Crippen MR) is 97.9 cm³/mol. The molecule has 1 atom stereocenters. The molecule has 136 valence electrons. The van der Waals surface area contributed by atoms with Gasteiger partial charge in [-0.25, -0.2) is 12.7 Å². The van der Waals surface area contributed by atoms with Crippen LogP contribution in [0.4, 0.5) is 5.69 Å². The van der Waals surface area contributed by atoms with Crippen molar-refractivity contribution in [3.63, 3.8) is 0 Å². The summed E-state index contributed by atoms with van der Waals surface area (Å²) in [6.07, 6.45) is 1.02. The number of hydrogen-bond acceptors (Lipinski definition) is 4. The van der Waals surface area contributed by atoms with Crippen LogP contribution in [0.1, 0.15) is 25.3 Å². The van der Waals surface area contributed by atoms with Gasteiger partial charge in [0.05, 0.1) is 4.90 Å². The number of hydrogen-bond donors (Lipinski definition) is 1. The van der Waals surface area contributed by atoms with Gasteiger partial charge >= 0.3 is 0 Å². The lowest BCUT2D eigenvalue weighted by Gasteiger charge is -2.23. The third-order valence-corrected chi connectivity index (χ3v) is 6.21. The zero-order valence-corrected chi connectivity index (χ0v) is 15.2. The number of benzene rings is 2. The molecule has 2 aromatic carbocycles. The van der Waals surface area contributed by atoms with Gasteiger partial charge in [0.25, 0.3) is 10.0 Å². The van der Waals surface area contributed by atoms with E-state index in [-0.39, 0.29) is 17.7 Å². The first kappa shape index (κ1) is 18.1. The van der Waals surface area contributed by atoms with Gasteiger partial charge in [-0.2, -0.15) is 0 Å². The lowest BCUT2D eigenvalue weighted by Crippen LogP contribution is -2.45. The summed E-state index contributed by atoms with van der Waals surface area (Å²) < 4.78 is 26.4. The van der Waals surface area contributed by atoms with Crippen molar-refractivity contribution >= 4 is 27.5 Å². The molecule has 1 unspecified atom stereocenters. The monoisotopic (exact) mass is 372 g/mol. The fourth-order valence-corrected chi connectivity index (χ4v) is 4.62. The first-order valence-electron chi connectivity index (χ1n) is 8.45. The largest absolute Gasteiger partial charge is 0.324 e. The molecule has 2 amide bonds. The summed E-state index contributed by atoms with van der Waals surface area (Å²) in [5.74, 6) is -1.06. The van der Waals surface area contributed by atoms with Crippen molar-refractivity contribution in [2.75, 3.05) is 5.32 Å². The first-order valence-corrected chi connectivity index (χ1v) is 9.89. The number of sulfonamides is 1. The Kier molecular flexibility index (Phi) is 5.08. The van der Waals surface area contributed by atoms with Crippen LogP contribution in [0.5, 0.6) is 0 Å². The van der Waals surface area contributed by atoms with Crippen LogP contribution in [0.15, 0.2) is 59.5 Å². The van der Waals surface area contributed by atoms with Crippen molar-refractivity contribution in [2.24, 2.45) is 0 Å². The molecule has 1 aliphatic rings. The molecule has 1 N–H and O–H groups in total. The number of nitrogens with zero attached hydrogens (tertiary/aromatic N) is 1. The van der Waals surface area contributed by atoms with Crippen molar-refractivity contribution in [3.05, 3.63) is 60.2 Å². The normalized spacial score (nSPS) is 17.3. The molecular weight excluding hydrogens is 352 g/mol. The Morgan fingerprint density at radius 1 is 1.15 bits per heavy atom. The fourth-order valence-electron chi connectivity index (χ4n) is 3.00. The van der Waals surface area contributed by atoms with Crippen molar-refractivity contribution in [3.8, 4) is 0 Å². The lowest BCUT2D eigenvalue weighted by atomic mass is 10.1. The Hall–Kier alpha value is -2.67. The summed E-state index contributed by atoms with van der Waals surface area (Å²) in [5, 5.41) is 2.74. The van der Waals surface area contributed by atoms with Gasteiger partial charge in [0.15, 0.2) is 0 Å². The van der Waals surface area contributed by atoms with Gasteiger partial charge in [0.1, 0.15) is 6.04 Å². The maximum Gasteiger partial charge on any atom is 0.267 e. The summed E-state index contributed by atoms with van der Waals surface area (Å²) in [4.78, 5) is 24.9. The number of anilines is 1. The van der Waals surface area contributed by atoms with Gasteiger partial charge in [0, 0.05) is 12.1 Å². The molecule has 0 aromatic heterocycles. The fraction of sp³-hybridized carbons (Fsp3) is 0.263. The third kappa shape index (κ3) is 3.48. The molecule has 0 spiro atoms. The Morgan fingerprint density at radius 3 is 2.58 bits per heavy atom. The summed E-state index contributed by atoms with van der Waals surface area (Å²) in [6, 6.07) is 14.0. The van der Waals surface area contributed by atoms with E-state index >= 15 is 0 Å². The number of carbonyl (C=O) groups is 2. The van der Waals surface area contributed by atoms with E-state index in [2.05, 4.69) is 5.32 Å². The van der Waals surface area contributed by atoms with Crippen LogP contribution in [0.2, 0.25) is 0 Å². The zero-order chi connectivity index (χ0) is 18.7. The zero-order valence-electron chi connectivity index (χ0n) is 14.4. The van der Waals surface area contributed by atoms with Gasteiger partial charge < -0.3 is 5.32 Å². The average molecular weight is 372 g/mol. The smallest absolute Gasteiger partial charge is 0.267 e. The van der Waals surface area contributed by atoms with Crippen LogP contribution in [0, 0.1) is 0 Å². The lowest BCUT2D eigenvalue weighted by molar-refractivity contribution is -0.128. The standard InChI is InChI=1S/C19H20N2O4S/c1-2-14-7-6-8-15(13-14)20-19(23)17-11-12-18(22)21(17)26(24,25)16-9-4-3-5-10-16/h3-10,13,17H,2,11-12H2,1H3,(H,20,23). The van der Waals surface area contributed by atoms with Gasteiger partial charge in [-0.15, -0.1) is 0 Å². The average Bonchev–Trinajstić information content (AvgIpc) is 3.05. The molecule has 1 heterocycles. The number of nitrogens with one attached hydrogen (secondary N) is 1. The SMILES string of the molecule is CCc1cccc(NC(=O)C2CCC(=O)N2S(=O)(=O)c2ccccc2)c1. The van der Waals surface area contributed by atoms with E-state index in [4.69, 9.17) is 0 Å². The molecule has 2 aromatic rings. The van der Waals surface area contributed by atoms with E-state index in [1.54, 1.807) is 24.3 Å². The molecule has 0 bridgehead atoms. The molecule has 1 aliphatic heterocycles. The van der Waals surface area contributed by atoms with Crippen LogP contribution in [-0.2, 0) is 26.0 Å². The van der Waals surface area contributed by atoms with Crippen LogP contribution >= 0.6 is 0 Å². The quantitative estimate of drug-likeness (QED) is 0.874. The maximum absolute atomic E-state index is 12.8. The van der Waals surface area contributed by atoms with Crippen molar-refractivity contribution in [2.45, 2.75) is 37.1 Å². The predicted octanol–water partition coefficient (Wildman–Crippen LogP) is 2.57. The number of amides is 2. The summed E-state index contributed by atoms with van der Waals surface area (Å²) >= 11 is 0. The molecule has 6 nitrogen and oxygen atoms in total. The summed E-state index contributed by atoms with van der Waals surface area (Å²) in [6.45, 7) is 2.00. The molecule has 0 aliphatic carbocycles. The van der Waals surface area contributed by atoms with Crippen LogP contribution in [0.3, 0.4) is 0 Å². The van der Waals surface area contributed by atoms with Crippen LogP contribution in [0.25, 0.3) is 0 Å². The Bertz CT molecular complexity index is 926. The molecule has 1 saturated heterocycles. The Labute approximate surface area is 152 Å². The van der Waals surface area contributed by atoms with E-state index in [9.17, 15) is 18.0 Å². The molecule has 0 saturated carbocycles. The number of carbonyl (C=O) groups excluding carboxylic acids is 2. The van der Waals surface area contributed by atoms with Crippen LogP contribution < -0.4 is 5.32 Å². The minimum absolute atomic E-state index is 0.000954. The second-order valence-electron chi connectivity index (χ2n) is 6.11. The molecule has 3 rings (SSSR count). The van der Waals surface area contributed by atoms with E-state index in [1.807, 2.05) is 25.1 Å². The highest BCUT2D eigenvalue weighted by Gasteiger charge is 2.44. The van der Waals surface area contributed by atoms with Crippen molar-refractivity contribution in [1.29, 1.82) is 0 Å². The third-order valence-electron chi connectivity index (χ3n) is 4.37. The second kappa shape index (κ2) is 7.29. The van der Waals surface area contributed by atoms with Crippen molar-refractivity contribution < 1.29 is 18.0 Å². The van der Waals surface area contributed by atoms with Crippen molar-refractivity contribution in [1.82, 2.24) is 4.31 Å². The Balaban J connectivity index is 1.86. The highest BCUT2D eigenvalue weighted by molar-refractivity contribution is 7.89. The molecular formula is C19H20N2O4S. The maximum atomic E-state index is 12.8. The molecule has 1 fully saturated rings. The second-order valence-corrected chi connectivity index (χ2v) is 7.92. The van der Waals surface area contributed by atoms with E-state index < -0.39 is 27.9 Å². The van der Waals surface area contributed by atoms with E-state index in [1.165, 1.54) is 12.1 Å². The summed E-state index contributed by atoms with van der Waals surface area (Å²) in [5.41, 5.74) is 1.64. The number of rotatable bonds is 5. The number of aryl methyl sites for hydroxylation is 1. The molecule has 7 heteroatoms. The van der Waals surface area contributed by atoms with Gasteiger partial charge in [-0.05, 0) is 42.7 Å². The van der Waals surface area contributed by atoms with Gasteiger partial charge in [-0.3, -0.25) is 9.59 Å². The minimum Gasteiger partial charge on any atom is -0.324 e. The molecule has 0 radical (unpaired) electrons. The van der Waals surface area contributed by atoms with Crippen LogP contribution in [-0.4, -0.2) is 30.6 Å². The minimum atomic E-state index is -4.06. The molecule has 26 heavy (non-hydrogen) atoms. The Morgan fingerprint density at radius 2 is 1.88 bits per heavy atom. The highest BCUT2D eigenvalue weighted by Crippen LogP contribution is 2.28. The highest BCUT2D eigenvalue weighted by atomic mass is 32.2. The van der Waals surface area contributed by atoms with Gasteiger partial charge in [0.2, 0.25) is 11.8 Å². The van der Waals surface area contributed by atoms with E-state index in [0.717, 1.165) is 16.3 Å². The van der Waals surface area contributed by atoms with Gasteiger partial charge in [-0.1, -0.05) is 37.3 Å². The topological polar surface area (TPSA) is 83.6 Å². The van der Waals surface area contributed by atoms with E-state index in [0.29, 0.717) is 5.69 Å². The summed E-state index contributed by atoms with van der Waals surface area (Å²) in [7, 11) is -4.06.